The first-order valence-electron chi connectivity index (χ1n) is 7.35. The fourth-order valence-electron chi connectivity index (χ4n) is 2.46. The maximum Gasteiger partial charge on any atom is 0.131 e. The van der Waals surface area contributed by atoms with Crippen molar-refractivity contribution in [2.75, 3.05) is 6.54 Å². The molecule has 1 unspecified atom stereocenters. The number of rotatable bonds is 6. The van der Waals surface area contributed by atoms with E-state index in [1.807, 2.05) is 31.5 Å². The maximum absolute atomic E-state index is 14.1. The zero-order valence-electron chi connectivity index (χ0n) is 12.7. The molecule has 114 valence electrons. The van der Waals surface area contributed by atoms with Gasteiger partial charge in [0, 0.05) is 18.2 Å². The Morgan fingerprint density at radius 3 is 2.52 bits per heavy atom. The van der Waals surface area contributed by atoms with Crippen molar-refractivity contribution in [1.82, 2.24) is 15.1 Å². The van der Waals surface area contributed by atoms with Crippen LogP contribution in [0.2, 0.25) is 0 Å². The second-order valence-corrected chi connectivity index (χ2v) is 4.89. The van der Waals surface area contributed by atoms with Gasteiger partial charge in [-0.2, -0.15) is 5.10 Å². The van der Waals surface area contributed by atoms with E-state index in [0.29, 0.717) is 18.7 Å². The second kappa shape index (κ2) is 6.80. The molecule has 0 amide bonds. The predicted octanol–water partition coefficient (Wildman–Crippen LogP) is 3.44. The molecule has 0 aliphatic carbocycles. The zero-order chi connectivity index (χ0) is 15.4. The summed E-state index contributed by atoms with van der Waals surface area (Å²) in [6.07, 6.45) is 0.824. The Labute approximate surface area is 124 Å². The van der Waals surface area contributed by atoms with Crippen LogP contribution in [-0.2, 0) is 13.0 Å². The summed E-state index contributed by atoms with van der Waals surface area (Å²) in [7, 11) is 0. The number of hydrogen-bond donors (Lipinski definition) is 1. The summed E-state index contributed by atoms with van der Waals surface area (Å²) in [6.45, 7) is 7.38. The van der Waals surface area contributed by atoms with Crippen LogP contribution in [0, 0.1) is 11.6 Å². The molecule has 0 saturated carbocycles. The van der Waals surface area contributed by atoms with E-state index in [4.69, 9.17) is 0 Å². The minimum absolute atomic E-state index is 0.330. The van der Waals surface area contributed by atoms with Crippen LogP contribution in [0.1, 0.15) is 43.8 Å². The lowest BCUT2D eigenvalue weighted by molar-refractivity contribution is 0.508. The van der Waals surface area contributed by atoms with Crippen LogP contribution >= 0.6 is 0 Å². The fraction of sp³-hybridized carbons (Fsp3) is 0.438. The molecule has 0 aliphatic heterocycles. The van der Waals surface area contributed by atoms with Crippen molar-refractivity contribution in [2.24, 2.45) is 0 Å². The molecular formula is C16H21F2N3. The Balaban J connectivity index is 2.50. The van der Waals surface area contributed by atoms with Crippen LogP contribution in [0.3, 0.4) is 0 Å². The van der Waals surface area contributed by atoms with Gasteiger partial charge in [0.05, 0.1) is 17.4 Å². The average Bonchev–Trinajstić information content (AvgIpc) is 2.88. The highest BCUT2D eigenvalue weighted by molar-refractivity contribution is 5.31. The van der Waals surface area contributed by atoms with Gasteiger partial charge in [-0.05, 0) is 32.0 Å². The summed E-state index contributed by atoms with van der Waals surface area (Å²) >= 11 is 0. The molecule has 2 rings (SSSR count). The molecule has 21 heavy (non-hydrogen) atoms. The molecule has 0 saturated heterocycles. The Kier molecular flexibility index (Phi) is 5.07. The van der Waals surface area contributed by atoms with E-state index in [2.05, 4.69) is 10.4 Å². The van der Waals surface area contributed by atoms with Gasteiger partial charge in [0.25, 0.3) is 0 Å². The van der Waals surface area contributed by atoms with Gasteiger partial charge in [0.2, 0.25) is 0 Å². The van der Waals surface area contributed by atoms with Crippen LogP contribution in [0.25, 0.3) is 0 Å². The Hall–Kier alpha value is -1.75. The summed E-state index contributed by atoms with van der Waals surface area (Å²) in [5.41, 5.74) is 2.31. The third kappa shape index (κ3) is 3.29. The van der Waals surface area contributed by atoms with Crippen LogP contribution in [0.5, 0.6) is 0 Å². The van der Waals surface area contributed by atoms with Crippen molar-refractivity contribution in [2.45, 2.75) is 39.8 Å². The smallest absolute Gasteiger partial charge is 0.131 e. The Morgan fingerprint density at radius 2 is 1.95 bits per heavy atom. The highest BCUT2D eigenvalue weighted by Gasteiger charge is 2.22. The molecule has 1 aromatic carbocycles. The van der Waals surface area contributed by atoms with Gasteiger partial charge in [0.15, 0.2) is 0 Å². The summed E-state index contributed by atoms with van der Waals surface area (Å²) < 4.78 is 29.1. The lowest BCUT2D eigenvalue weighted by Gasteiger charge is -2.20. The number of hydrogen-bond acceptors (Lipinski definition) is 2. The number of nitrogens with zero attached hydrogens (tertiary/aromatic N) is 2. The van der Waals surface area contributed by atoms with E-state index in [9.17, 15) is 8.78 Å². The van der Waals surface area contributed by atoms with E-state index < -0.39 is 11.6 Å². The van der Waals surface area contributed by atoms with Crippen LogP contribution < -0.4 is 5.32 Å². The Morgan fingerprint density at radius 1 is 1.19 bits per heavy atom. The highest BCUT2D eigenvalue weighted by Crippen LogP contribution is 2.26. The topological polar surface area (TPSA) is 29.9 Å². The van der Waals surface area contributed by atoms with Gasteiger partial charge in [-0.15, -0.1) is 0 Å². The molecular weight excluding hydrogens is 272 g/mol. The van der Waals surface area contributed by atoms with Crippen molar-refractivity contribution in [3.8, 4) is 0 Å². The van der Waals surface area contributed by atoms with Crippen molar-refractivity contribution >= 4 is 0 Å². The first kappa shape index (κ1) is 15.6. The van der Waals surface area contributed by atoms with Gasteiger partial charge in [-0.1, -0.05) is 19.9 Å². The summed E-state index contributed by atoms with van der Waals surface area (Å²) in [5.74, 6) is -1.10. The van der Waals surface area contributed by atoms with Crippen LogP contribution in [0.15, 0.2) is 24.3 Å². The highest BCUT2D eigenvalue weighted by atomic mass is 19.1. The number of aromatic nitrogens is 2. The molecule has 5 heteroatoms. The first-order chi connectivity index (χ1) is 10.1. The van der Waals surface area contributed by atoms with Crippen molar-refractivity contribution < 1.29 is 8.78 Å². The average molecular weight is 293 g/mol. The molecule has 0 aliphatic rings. The number of aryl methyl sites for hydroxylation is 2. The van der Waals surface area contributed by atoms with E-state index in [-0.39, 0.29) is 6.04 Å². The number of halogens is 2. The molecule has 0 spiro atoms. The first-order valence-corrected chi connectivity index (χ1v) is 7.35. The fourth-order valence-corrected chi connectivity index (χ4v) is 2.46. The summed E-state index contributed by atoms with van der Waals surface area (Å²) in [6, 6.07) is 5.36. The third-order valence-corrected chi connectivity index (χ3v) is 3.50. The van der Waals surface area contributed by atoms with Gasteiger partial charge < -0.3 is 5.32 Å². The second-order valence-electron chi connectivity index (χ2n) is 4.89. The monoisotopic (exact) mass is 293 g/mol. The zero-order valence-corrected chi connectivity index (χ0v) is 12.7. The summed E-state index contributed by atoms with van der Waals surface area (Å²) in [4.78, 5) is 0. The molecule has 1 heterocycles. The quantitative estimate of drug-likeness (QED) is 0.884. The molecule has 1 atom stereocenters. The van der Waals surface area contributed by atoms with Crippen molar-refractivity contribution in [3.05, 3.63) is 52.9 Å². The molecule has 0 bridgehead atoms. The minimum Gasteiger partial charge on any atom is -0.305 e. The van der Waals surface area contributed by atoms with Gasteiger partial charge in [-0.3, -0.25) is 4.68 Å². The number of benzene rings is 1. The maximum atomic E-state index is 14.1. The predicted molar refractivity (Wildman–Crippen MR) is 79.2 cm³/mol. The Bertz CT molecular complexity index is 608. The van der Waals surface area contributed by atoms with Gasteiger partial charge in [0.1, 0.15) is 11.6 Å². The third-order valence-electron chi connectivity index (χ3n) is 3.50. The SMILES string of the molecule is CCNC(c1ccc(F)cc1F)c1cc(CC)nn1CC. The lowest BCUT2D eigenvalue weighted by atomic mass is 10.0. The van der Waals surface area contributed by atoms with E-state index in [0.717, 1.165) is 23.9 Å². The lowest BCUT2D eigenvalue weighted by Crippen LogP contribution is -2.25. The molecule has 0 radical (unpaired) electrons. The van der Waals surface area contributed by atoms with Crippen molar-refractivity contribution in [1.29, 1.82) is 0 Å². The van der Waals surface area contributed by atoms with Crippen LogP contribution in [-0.4, -0.2) is 16.3 Å². The number of nitrogens with one attached hydrogen (secondary N) is 1. The van der Waals surface area contributed by atoms with E-state index >= 15 is 0 Å². The molecule has 0 fully saturated rings. The van der Waals surface area contributed by atoms with Gasteiger partial charge >= 0.3 is 0 Å². The standard InChI is InChI=1S/C16H21F2N3/c1-4-12-10-15(21(6-3)20-12)16(19-5-2)13-8-7-11(17)9-14(13)18/h7-10,16,19H,4-6H2,1-3H3. The molecule has 3 nitrogen and oxygen atoms in total. The molecule has 1 aromatic heterocycles. The van der Waals surface area contributed by atoms with Crippen molar-refractivity contribution in [3.63, 3.8) is 0 Å². The van der Waals surface area contributed by atoms with E-state index in [1.54, 1.807) is 0 Å². The largest absolute Gasteiger partial charge is 0.305 e. The van der Waals surface area contributed by atoms with Gasteiger partial charge in [-0.25, -0.2) is 8.78 Å². The molecule has 2 aromatic rings. The summed E-state index contributed by atoms with van der Waals surface area (Å²) in [5, 5.41) is 7.77. The van der Waals surface area contributed by atoms with Crippen LogP contribution in [0.4, 0.5) is 8.78 Å². The normalized spacial score (nSPS) is 12.6. The minimum atomic E-state index is -0.565. The molecule has 1 N–H and O–H groups in total. The van der Waals surface area contributed by atoms with E-state index in [1.165, 1.54) is 12.1 Å².